The predicted molar refractivity (Wildman–Crippen MR) is 56.9 cm³/mol. The van der Waals surface area contributed by atoms with Crippen LogP contribution in [0.4, 0.5) is 0 Å². The highest BCUT2D eigenvalue weighted by Gasteiger charge is 2.20. The summed E-state index contributed by atoms with van der Waals surface area (Å²) in [5.41, 5.74) is 7.57. The molecule has 1 fully saturated rings. The molecule has 0 spiro atoms. The maximum absolute atomic E-state index is 5.59. The summed E-state index contributed by atoms with van der Waals surface area (Å²) >= 11 is 0. The quantitative estimate of drug-likeness (QED) is 0.806. The second-order valence-electron chi connectivity index (χ2n) is 3.67. The fourth-order valence-corrected chi connectivity index (χ4v) is 1.81. The Labute approximate surface area is 89.4 Å². The minimum atomic E-state index is 0.408. The van der Waals surface area contributed by atoms with Gasteiger partial charge in [-0.05, 0) is 12.5 Å². The van der Waals surface area contributed by atoms with Crippen LogP contribution >= 0.6 is 0 Å². The molecule has 1 unspecified atom stereocenters. The molecule has 1 saturated heterocycles. The lowest BCUT2D eigenvalue weighted by molar-refractivity contribution is 0.193. The van der Waals surface area contributed by atoms with E-state index in [9.17, 15) is 0 Å². The Morgan fingerprint density at radius 1 is 1.60 bits per heavy atom. The summed E-state index contributed by atoms with van der Waals surface area (Å²) in [6, 6.07) is 4.00. The fraction of sp³-hybridized carbons (Fsp3) is 0.545. The Bertz CT molecular complexity index is 335. The summed E-state index contributed by atoms with van der Waals surface area (Å²) < 4.78 is 10.5. The van der Waals surface area contributed by atoms with E-state index in [0.29, 0.717) is 18.3 Å². The topological polar surface area (TPSA) is 57.4 Å². The number of methoxy groups -OCH3 is 1. The number of hydrogen-bond acceptors (Lipinski definition) is 4. The minimum Gasteiger partial charge on any atom is -0.481 e. The highest BCUT2D eigenvalue weighted by Crippen LogP contribution is 2.26. The fourth-order valence-electron chi connectivity index (χ4n) is 1.81. The van der Waals surface area contributed by atoms with Crippen molar-refractivity contribution in [2.24, 2.45) is 5.73 Å². The first-order chi connectivity index (χ1) is 7.35. The van der Waals surface area contributed by atoms with Gasteiger partial charge in [0.05, 0.1) is 13.7 Å². The Morgan fingerprint density at radius 2 is 2.47 bits per heavy atom. The Morgan fingerprint density at radius 3 is 3.07 bits per heavy atom. The van der Waals surface area contributed by atoms with Gasteiger partial charge in [-0.3, -0.25) is 0 Å². The van der Waals surface area contributed by atoms with Crippen molar-refractivity contribution in [3.8, 4) is 5.88 Å². The number of hydrogen-bond donors (Lipinski definition) is 1. The summed E-state index contributed by atoms with van der Waals surface area (Å²) in [6.45, 7) is 2.04. The summed E-state index contributed by atoms with van der Waals surface area (Å²) in [5, 5.41) is 0. The van der Waals surface area contributed by atoms with Crippen LogP contribution in [0.15, 0.2) is 12.1 Å². The van der Waals surface area contributed by atoms with Gasteiger partial charge in [-0.1, -0.05) is 6.07 Å². The monoisotopic (exact) mass is 208 g/mol. The van der Waals surface area contributed by atoms with Crippen molar-refractivity contribution in [2.75, 3.05) is 20.3 Å². The van der Waals surface area contributed by atoms with Crippen molar-refractivity contribution < 1.29 is 9.47 Å². The zero-order valence-electron chi connectivity index (χ0n) is 8.90. The van der Waals surface area contributed by atoms with Gasteiger partial charge in [0.15, 0.2) is 0 Å². The van der Waals surface area contributed by atoms with Crippen molar-refractivity contribution in [2.45, 2.75) is 18.9 Å². The van der Waals surface area contributed by atoms with Crippen LogP contribution in [0.1, 0.15) is 23.6 Å². The van der Waals surface area contributed by atoms with E-state index in [-0.39, 0.29) is 0 Å². The van der Waals surface area contributed by atoms with Crippen molar-refractivity contribution in [1.82, 2.24) is 4.98 Å². The highest BCUT2D eigenvalue weighted by atomic mass is 16.5. The first-order valence-corrected chi connectivity index (χ1v) is 5.16. The van der Waals surface area contributed by atoms with E-state index >= 15 is 0 Å². The largest absolute Gasteiger partial charge is 0.481 e. The zero-order valence-corrected chi connectivity index (χ0v) is 8.90. The molecule has 1 aromatic rings. The van der Waals surface area contributed by atoms with E-state index in [4.69, 9.17) is 15.2 Å². The summed E-state index contributed by atoms with van der Waals surface area (Å²) in [5.74, 6) is 1.05. The van der Waals surface area contributed by atoms with Crippen molar-refractivity contribution in [3.05, 3.63) is 23.4 Å². The number of aromatic nitrogens is 1. The van der Waals surface area contributed by atoms with Gasteiger partial charge >= 0.3 is 0 Å². The van der Waals surface area contributed by atoms with E-state index in [2.05, 4.69) is 4.98 Å². The molecule has 1 aliphatic heterocycles. The standard InChI is InChI=1S/C11H16N2O2/c1-14-11-8(6-12)2-3-10(13-11)9-4-5-15-7-9/h2-3,9H,4-7,12H2,1H3. The van der Waals surface area contributed by atoms with Gasteiger partial charge in [0.1, 0.15) is 0 Å². The van der Waals surface area contributed by atoms with Crippen LogP contribution in [-0.2, 0) is 11.3 Å². The Kier molecular flexibility index (Phi) is 3.18. The molecule has 0 saturated carbocycles. The average Bonchev–Trinajstić information content (AvgIpc) is 2.81. The molecule has 4 nitrogen and oxygen atoms in total. The first kappa shape index (κ1) is 10.4. The summed E-state index contributed by atoms with van der Waals surface area (Å²) in [4.78, 5) is 4.46. The molecule has 82 valence electrons. The highest BCUT2D eigenvalue weighted by molar-refractivity contribution is 5.29. The molecule has 0 bridgehead atoms. The lowest BCUT2D eigenvalue weighted by Gasteiger charge is -2.11. The molecule has 2 N–H and O–H groups in total. The van der Waals surface area contributed by atoms with Gasteiger partial charge in [0, 0.05) is 30.3 Å². The van der Waals surface area contributed by atoms with Crippen LogP contribution in [0, 0.1) is 0 Å². The van der Waals surface area contributed by atoms with E-state index in [1.165, 1.54) is 0 Å². The minimum absolute atomic E-state index is 0.408. The van der Waals surface area contributed by atoms with Gasteiger partial charge in [-0.2, -0.15) is 0 Å². The molecule has 15 heavy (non-hydrogen) atoms. The molecule has 4 heteroatoms. The predicted octanol–water partition coefficient (Wildman–Crippen LogP) is 1.05. The van der Waals surface area contributed by atoms with Gasteiger partial charge in [0.25, 0.3) is 0 Å². The third-order valence-electron chi connectivity index (χ3n) is 2.72. The number of nitrogens with zero attached hydrogens (tertiary/aromatic N) is 1. The lowest BCUT2D eigenvalue weighted by Crippen LogP contribution is -2.06. The van der Waals surface area contributed by atoms with Crippen LogP contribution in [0.3, 0.4) is 0 Å². The molecule has 0 amide bonds. The molecule has 0 aromatic carbocycles. The van der Waals surface area contributed by atoms with Crippen LogP contribution in [-0.4, -0.2) is 25.3 Å². The maximum Gasteiger partial charge on any atom is 0.217 e. The summed E-state index contributed by atoms with van der Waals surface area (Å²) in [7, 11) is 1.62. The van der Waals surface area contributed by atoms with Crippen molar-refractivity contribution in [3.63, 3.8) is 0 Å². The molecule has 0 radical (unpaired) electrons. The zero-order chi connectivity index (χ0) is 10.7. The van der Waals surface area contributed by atoms with Crippen LogP contribution < -0.4 is 10.5 Å². The molecule has 1 aromatic heterocycles. The van der Waals surface area contributed by atoms with Crippen LogP contribution in [0.5, 0.6) is 5.88 Å². The van der Waals surface area contributed by atoms with Crippen LogP contribution in [0.25, 0.3) is 0 Å². The van der Waals surface area contributed by atoms with E-state index in [0.717, 1.165) is 30.9 Å². The number of ether oxygens (including phenoxy) is 2. The van der Waals surface area contributed by atoms with Crippen molar-refractivity contribution >= 4 is 0 Å². The molecule has 1 atom stereocenters. The van der Waals surface area contributed by atoms with Gasteiger partial charge in [0.2, 0.25) is 5.88 Å². The molecule has 0 aliphatic carbocycles. The molecule has 2 rings (SSSR count). The van der Waals surface area contributed by atoms with Gasteiger partial charge in [-0.15, -0.1) is 0 Å². The molecular formula is C11H16N2O2. The third-order valence-corrected chi connectivity index (χ3v) is 2.72. The van der Waals surface area contributed by atoms with E-state index < -0.39 is 0 Å². The molecular weight excluding hydrogens is 192 g/mol. The van der Waals surface area contributed by atoms with Gasteiger partial charge in [-0.25, -0.2) is 4.98 Å². The van der Waals surface area contributed by atoms with E-state index in [1.807, 2.05) is 12.1 Å². The molecule has 1 aliphatic rings. The van der Waals surface area contributed by atoms with Crippen molar-refractivity contribution in [1.29, 1.82) is 0 Å². The molecule has 2 heterocycles. The number of rotatable bonds is 3. The van der Waals surface area contributed by atoms with Gasteiger partial charge < -0.3 is 15.2 Å². The van der Waals surface area contributed by atoms with E-state index in [1.54, 1.807) is 7.11 Å². The second kappa shape index (κ2) is 4.59. The number of pyridine rings is 1. The third kappa shape index (κ3) is 2.11. The summed E-state index contributed by atoms with van der Waals surface area (Å²) in [6.07, 6.45) is 1.04. The second-order valence-corrected chi connectivity index (χ2v) is 3.67. The Balaban J connectivity index is 2.25. The first-order valence-electron chi connectivity index (χ1n) is 5.16. The Hall–Kier alpha value is -1.13. The average molecular weight is 208 g/mol. The van der Waals surface area contributed by atoms with Crippen LogP contribution in [0.2, 0.25) is 0 Å². The SMILES string of the molecule is COc1nc(C2CCOC2)ccc1CN. The normalized spacial score (nSPS) is 20.5. The number of nitrogens with two attached hydrogens (primary N) is 1. The lowest BCUT2D eigenvalue weighted by atomic mass is 10.0. The smallest absolute Gasteiger partial charge is 0.217 e. The maximum atomic E-state index is 5.59.